The second-order valence-electron chi connectivity index (χ2n) is 3.06. The predicted octanol–water partition coefficient (Wildman–Crippen LogP) is 1.22. The van der Waals surface area contributed by atoms with Gasteiger partial charge in [-0.1, -0.05) is 12.1 Å². The highest BCUT2D eigenvalue weighted by atomic mass is 16.7. The number of carbonyl (C=O) groups is 1. The summed E-state index contributed by atoms with van der Waals surface area (Å²) in [5, 5.41) is 9.45. The average molecular weight is 191 g/mol. The van der Waals surface area contributed by atoms with Gasteiger partial charge in [-0.05, 0) is 19.1 Å². The van der Waals surface area contributed by atoms with Crippen molar-refractivity contribution >= 4 is 12.0 Å². The number of carbonyl (C=O) groups excluding carboxylic acids is 1. The van der Waals surface area contributed by atoms with Crippen LogP contribution in [0.1, 0.15) is 12.5 Å². The van der Waals surface area contributed by atoms with E-state index < -0.39 is 0 Å². The van der Waals surface area contributed by atoms with E-state index in [1.54, 1.807) is 25.1 Å². The smallest absolute Gasteiger partial charge is 0.279 e. The zero-order chi connectivity index (χ0) is 10.1. The molecule has 1 heterocycles. The molecule has 1 amide bonds. The van der Waals surface area contributed by atoms with Crippen molar-refractivity contribution in [3.63, 3.8) is 0 Å². The third-order valence-corrected chi connectivity index (χ3v) is 2.00. The molecule has 14 heavy (non-hydrogen) atoms. The van der Waals surface area contributed by atoms with Crippen molar-refractivity contribution < 1.29 is 14.7 Å². The molecule has 0 bridgehead atoms. The van der Waals surface area contributed by atoms with Gasteiger partial charge < -0.3 is 9.94 Å². The first-order valence-electron chi connectivity index (χ1n) is 4.16. The summed E-state index contributed by atoms with van der Waals surface area (Å²) in [6.45, 7) is 1.68. The van der Waals surface area contributed by atoms with E-state index in [0.717, 1.165) is 0 Å². The van der Waals surface area contributed by atoms with Crippen LogP contribution in [0.3, 0.4) is 0 Å². The van der Waals surface area contributed by atoms with E-state index in [4.69, 9.17) is 4.84 Å². The summed E-state index contributed by atoms with van der Waals surface area (Å²) in [5.41, 5.74) is 3.44. The summed E-state index contributed by atoms with van der Waals surface area (Å²) in [4.78, 5) is 16.2. The van der Waals surface area contributed by atoms with E-state index in [-0.39, 0.29) is 17.4 Å². The zero-order valence-electron chi connectivity index (χ0n) is 7.57. The highest BCUT2D eigenvalue weighted by Crippen LogP contribution is 2.32. The molecule has 0 aliphatic carbocycles. The van der Waals surface area contributed by atoms with E-state index in [1.807, 2.05) is 0 Å². The minimum atomic E-state index is -0.305. The first kappa shape index (κ1) is 8.62. The van der Waals surface area contributed by atoms with Crippen LogP contribution in [0.5, 0.6) is 11.5 Å². The maximum atomic E-state index is 11.2. The number of rotatable bonds is 0. The van der Waals surface area contributed by atoms with Crippen molar-refractivity contribution in [2.45, 2.75) is 6.92 Å². The molecule has 4 heteroatoms. The molecular weight excluding hydrogens is 182 g/mol. The number of fused-ring (bicyclic) bond motifs is 1. The van der Waals surface area contributed by atoms with Crippen LogP contribution in [0, 0.1) is 0 Å². The molecule has 1 aromatic rings. The molecule has 1 aliphatic heterocycles. The molecule has 0 saturated heterocycles. The largest absolute Gasteiger partial charge is 0.504 e. The number of phenolic OH excluding ortho intramolecular Hbond substituents is 1. The predicted molar refractivity (Wildman–Crippen MR) is 50.5 cm³/mol. The van der Waals surface area contributed by atoms with Gasteiger partial charge in [0.25, 0.3) is 5.91 Å². The summed E-state index contributed by atoms with van der Waals surface area (Å²) in [7, 11) is 0. The molecule has 0 atom stereocenters. The fourth-order valence-corrected chi connectivity index (χ4v) is 1.24. The Balaban J connectivity index is 2.57. The van der Waals surface area contributed by atoms with Crippen LogP contribution in [0.15, 0.2) is 23.8 Å². The number of nitrogens with one attached hydrogen (secondary N) is 1. The molecule has 0 radical (unpaired) electrons. The lowest BCUT2D eigenvalue weighted by Crippen LogP contribution is -2.26. The third-order valence-electron chi connectivity index (χ3n) is 2.00. The highest BCUT2D eigenvalue weighted by molar-refractivity contribution is 5.98. The summed E-state index contributed by atoms with van der Waals surface area (Å²) < 4.78 is 0. The van der Waals surface area contributed by atoms with Crippen LogP contribution in [0.4, 0.5) is 0 Å². The Morgan fingerprint density at radius 2 is 2.21 bits per heavy atom. The summed E-state index contributed by atoms with van der Waals surface area (Å²) in [6, 6.07) is 4.95. The van der Waals surface area contributed by atoms with Crippen molar-refractivity contribution in [2.24, 2.45) is 0 Å². The van der Waals surface area contributed by atoms with Crippen LogP contribution < -0.4 is 10.3 Å². The number of phenols is 1. The lowest BCUT2D eigenvalue weighted by atomic mass is 10.1. The first-order chi connectivity index (χ1) is 6.68. The van der Waals surface area contributed by atoms with E-state index in [9.17, 15) is 9.90 Å². The molecule has 2 rings (SSSR count). The number of benzene rings is 1. The molecule has 72 valence electrons. The Kier molecular flexibility index (Phi) is 1.89. The molecule has 4 nitrogen and oxygen atoms in total. The molecule has 1 aliphatic rings. The summed E-state index contributed by atoms with van der Waals surface area (Å²) in [6.07, 6.45) is 1.66. The summed E-state index contributed by atoms with van der Waals surface area (Å²) >= 11 is 0. The maximum absolute atomic E-state index is 11.2. The molecule has 0 unspecified atom stereocenters. The van der Waals surface area contributed by atoms with Gasteiger partial charge in [0, 0.05) is 11.1 Å². The quantitative estimate of drug-likeness (QED) is 0.648. The first-order valence-corrected chi connectivity index (χ1v) is 4.16. The van der Waals surface area contributed by atoms with Gasteiger partial charge in [-0.15, -0.1) is 0 Å². The van der Waals surface area contributed by atoms with Gasteiger partial charge in [-0.25, -0.2) is 0 Å². The van der Waals surface area contributed by atoms with Crippen LogP contribution >= 0.6 is 0 Å². The van der Waals surface area contributed by atoms with Crippen molar-refractivity contribution in [1.82, 2.24) is 5.48 Å². The van der Waals surface area contributed by atoms with Gasteiger partial charge in [-0.3, -0.25) is 4.79 Å². The van der Waals surface area contributed by atoms with Gasteiger partial charge in [-0.2, -0.15) is 5.48 Å². The Morgan fingerprint density at radius 1 is 1.43 bits per heavy atom. The Morgan fingerprint density at radius 3 is 3.00 bits per heavy atom. The van der Waals surface area contributed by atoms with Gasteiger partial charge in [0.2, 0.25) is 5.75 Å². The third kappa shape index (κ3) is 1.31. The Bertz CT molecular complexity index is 423. The molecule has 1 aromatic carbocycles. The zero-order valence-corrected chi connectivity index (χ0v) is 7.57. The van der Waals surface area contributed by atoms with Gasteiger partial charge in [0.05, 0.1) is 0 Å². The van der Waals surface area contributed by atoms with E-state index in [1.165, 1.54) is 6.07 Å². The Hall–Kier alpha value is -1.97. The SMILES string of the molecule is CC1=Cc2cccc(O)c2ONC1=O. The van der Waals surface area contributed by atoms with Gasteiger partial charge in [0.1, 0.15) is 0 Å². The van der Waals surface area contributed by atoms with Crippen molar-refractivity contribution in [3.8, 4) is 11.5 Å². The number of amides is 1. The van der Waals surface area contributed by atoms with Crippen molar-refractivity contribution in [2.75, 3.05) is 0 Å². The Labute approximate surface area is 80.8 Å². The summed E-state index contributed by atoms with van der Waals surface area (Å²) in [5.74, 6) is -0.0212. The van der Waals surface area contributed by atoms with Crippen molar-refractivity contribution in [1.29, 1.82) is 0 Å². The maximum Gasteiger partial charge on any atom is 0.279 e. The van der Waals surface area contributed by atoms with E-state index in [2.05, 4.69) is 5.48 Å². The highest BCUT2D eigenvalue weighted by Gasteiger charge is 2.15. The van der Waals surface area contributed by atoms with E-state index in [0.29, 0.717) is 11.1 Å². The standard InChI is InChI=1S/C10H9NO3/c1-6-5-7-3-2-4-8(12)9(7)14-11-10(6)13/h2-5,12H,1H3,(H,11,13). The molecule has 0 spiro atoms. The van der Waals surface area contributed by atoms with Gasteiger partial charge >= 0.3 is 0 Å². The second-order valence-corrected chi connectivity index (χ2v) is 3.06. The topological polar surface area (TPSA) is 58.6 Å². The average Bonchev–Trinajstić information content (AvgIpc) is 2.29. The molecule has 0 saturated carbocycles. The number of hydrogen-bond acceptors (Lipinski definition) is 3. The normalized spacial score (nSPS) is 14.6. The monoisotopic (exact) mass is 191 g/mol. The van der Waals surface area contributed by atoms with Crippen LogP contribution in [0.25, 0.3) is 6.08 Å². The lowest BCUT2D eigenvalue weighted by molar-refractivity contribution is -0.123. The number of hydroxylamine groups is 1. The number of hydrogen-bond donors (Lipinski definition) is 2. The minimum absolute atomic E-state index is 0.00810. The molecular formula is C10H9NO3. The number of para-hydroxylation sites is 1. The fraction of sp³-hybridized carbons (Fsp3) is 0.100. The van der Waals surface area contributed by atoms with Crippen LogP contribution in [-0.4, -0.2) is 11.0 Å². The number of aromatic hydroxyl groups is 1. The van der Waals surface area contributed by atoms with Crippen molar-refractivity contribution in [3.05, 3.63) is 29.3 Å². The second kappa shape index (κ2) is 3.06. The van der Waals surface area contributed by atoms with Crippen LogP contribution in [-0.2, 0) is 4.79 Å². The molecule has 0 fully saturated rings. The van der Waals surface area contributed by atoms with Gasteiger partial charge in [0.15, 0.2) is 5.75 Å². The minimum Gasteiger partial charge on any atom is -0.504 e. The fourth-order valence-electron chi connectivity index (χ4n) is 1.24. The molecule has 0 aromatic heterocycles. The lowest BCUT2D eigenvalue weighted by Gasteiger charge is -2.06. The van der Waals surface area contributed by atoms with Crippen LogP contribution in [0.2, 0.25) is 0 Å². The molecule has 2 N–H and O–H groups in total. The van der Waals surface area contributed by atoms with E-state index >= 15 is 0 Å².